The Morgan fingerprint density at radius 1 is 0.600 bits per heavy atom. The van der Waals surface area contributed by atoms with E-state index >= 15 is 0 Å². The van der Waals surface area contributed by atoms with Crippen molar-refractivity contribution in [1.82, 2.24) is 0 Å². The molecule has 1 rings (SSSR count). The van der Waals surface area contributed by atoms with Crippen LogP contribution in [0.3, 0.4) is 0 Å². The van der Waals surface area contributed by atoms with Crippen molar-refractivity contribution >= 4 is 0 Å². The summed E-state index contributed by atoms with van der Waals surface area (Å²) < 4.78 is 10.9. The summed E-state index contributed by atoms with van der Waals surface area (Å²) in [5.74, 6) is 0. The lowest BCUT2D eigenvalue weighted by atomic mass is 10.0. The molecule has 0 atom stereocenters. The molecular formula is C18H36O2. The molecule has 2 heteroatoms. The Kier molecular flexibility index (Phi) is 12.5. The second-order valence-corrected chi connectivity index (χ2v) is 6.20. The van der Waals surface area contributed by atoms with Crippen LogP contribution in [-0.2, 0) is 9.47 Å². The molecule has 0 aliphatic carbocycles. The van der Waals surface area contributed by atoms with Crippen LogP contribution in [0.2, 0.25) is 0 Å². The molecule has 0 bridgehead atoms. The first-order valence-electron chi connectivity index (χ1n) is 9.16. The van der Waals surface area contributed by atoms with E-state index in [1.807, 2.05) is 0 Å². The molecule has 0 aromatic rings. The molecule has 1 aliphatic heterocycles. The number of rotatable bonds is 14. The Hall–Kier alpha value is -0.0800. The first-order valence-corrected chi connectivity index (χ1v) is 9.16. The minimum absolute atomic E-state index is 0.114. The highest BCUT2D eigenvalue weighted by molar-refractivity contribution is 4.54. The summed E-state index contributed by atoms with van der Waals surface area (Å²) in [4.78, 5) is 0. The topological polar surface area (TPSA) is 18.5 Å². The molecule has 1 aliphatic rings. The van der Waals surface area contributed by atoms with Gasteiger partial charge in [-0.15, -0.1) is 0 Å². The van der Waals surface area contributed by atoms with E-state index in [1.54, 1.807) is 0 Å². The molecule has 0 unspecified atom stereocenters. The SMILES string of the molecule is CCCCCCCCCCCCCCCC1OCCO1. The molecule has 1 saturated heterocycles. The van der Waals surface area contributed by atoms with E-state index in [-0.39, 0.29) is 6.29 Å². The molecular weight excluding hydrogens is 248 g/mol. The Bertz CT molecular complexity index is 188. The maximum atomic E-state index is 5.44. The summed E-state index contributed by atoms with van der Waals surface area (Å²) in [6.45, 7) is 3.88. The van der Waals surface area contributed by atoms with Crippen LogP contribution in [0.15, 0.2) is 0 Å². The minimum atomic E-state index is 0.114. The van der Waals surface area contributed by atoms with Gasteiger partial charge in [-0.3, -0.25) is 0 Å². The van der Waals surface area contributed by atoms with Gasteiger partial charge in [0, 0.05) is 0 Å². The predicted molar refractivity (Wildman–Crippen MR) is 86.0 cm³/mol. The third-order valence-corrected chi connectivity index (χ3v) is 4.23. The highest BCUT2D eigenvalue weighted by Crippen LogP contribution is 2.15. The van der Waals surface area contributed by atoms with E-state index in [0.717, 1.165) is 19.6 Å². The van der Waals surface area contributed by atoms with Crippen LogP contribution in [0.25, 0.3) is 0 Å². The molecule has 20 heavy (non-hydrogen) atoms. The van der Waals surface area contributed by atoms with Gasteiger partial charge in [0.05, 0.1) is 13.2 Å². The molecule has 0 spiro atoms. The van der Waals surface area contributed by atoms with E-state index < -0.39 is 0 Å². The van der Waals surface area contributed by atoms with E-state index in [9.17, 15) is 0 Å². The van der Waals surface area contributed by atoms with Crippen molar-refractivity contribution < 1.29 is 9.47 Å². The fourth-order valence-corrected chi connectivity index (χ4v) is 2.90. The second kappa shape index (κ2) is 13.9. The summed E-state index contributed by atoms with van der Waals surface area (Å²) in [7, 11) is 0. The molecule has 0 aromatic carbocycles. The van der Waals surface area contributed by atoms with Gasteiger partial charge in [-0.05, 0) is 12.8 Å². The zero-order valence-corrected chi connectivity index (χ0v) is 13.7. The lowest BCUT2D eigenvalue weighted by Crippen LogP contribution is -2.06. The average molecular weight is 284 g/mol. The number of ether oxygens (including phenoxy) is 2. The molecule has 120 valence electrons. The molecule has 0 radical (unpaired) electrons. The Morgan fingerprint density at radius 2 is 1.00 bits per heavy atom. The predicted octanol–water partition coefficient (Wildman–Crippen LogP) is 5.84. The van der Waals surface area contributed by atoms with Crippen molar-refractivity contribution in [3.63, 3.8) is 0 Å². The Balaban J connectivity index is 1.66. The largest absolute Gasteiger partial charge is 0.350 e. The summed E-state index contributed by atoms with van der Waals surface area (Å²) in [5, 5.41) is 0. The summed E-state index contributed by atoms with van der Waals surface area (Å²) in [6.07, 6.45) is 19.6. The van der Waals surface area contributed by atoms with Crippen LogP contribution in [0, 0.1) is 0 Å². The number of hydrogen-bond acceptors (Lipinski definition) is 2. The van der Waals surface area contributed by atoms with Gasteiger partial charge in [-0.25, -0.2) is 0 Å². The van der Waals surface area contributed by atoms with Crippen molar-refractivity contribution in [1.29, 1.82) is 0 Å². The minimum Gasteiger partial charge on any atom is -0.350 e. The van der Waals surface area contributed by atoms with Gasteiger partial charge in [0.1, 0.15) is 0 Å². The first-order chi connectivity index (χ1) is 9.93. The van der Waals surface area contributed by atoms with Crippen molar-refractivity contribution in [2.45, 2.75) is 103 Å². The highest BCUT2D eigenvalue weighted by Gasteiger charge is 2.14. The van der Waals surface area contributed by atoms with Crippen LogP contribution in [0.5, 0.6) is 0 Å². The first kappa shape index (κ1) is 18.0. The monoisotopic (exact) mass is 284 g/mol. The second-order valence-electron chi connectivity index (χ2n) is 6.20. The Labute approximate surface area is 126 Å². The summed E-state index contributed by atoms with van der Waals surface area (Å²) in [5.41, 5.74) is 0. The maximum absolute atomic E-state index is 5.44. The van der Waals surface area contributed by atoms with Crippen molar-refractivity contribution in [3.8, 4) is 0 Å². The molecule has 0 saturated carbocycles. The summed E-state index contributed by atoms with van der Waals surface area (Å²) >= 11 is 0. The zero-order chi connectivity index (χ0) is 14.3. The van der Waals surface area contributed by atoms with E-state index in [2.05, 4.69) is 6.92 Å². The van der Waals surface area contributed by atoms with Gasteiger partial charge < -0.3 is 9.47 Å². The number of unbranched alkanes of at least 4 members (excludes halogenated alkanes) is 12. The van der Waals surface area contributed by atoms with Crippen molar-refractivity contribution in [2.24, 2.45) is 0 Å². The smallest absolute Gasteiger partial charge is 0.157 e. The normalized spacial score (nSPS) is 16.1. The summed E-state index contributed by atoms with van der Waals surface area (Å²) in [6, 6.07) is 0. The molecule has 0 amide bonds. The molecule has 1 fully saturated rings. The Morgan fingerprint density at radius 3 is 1.45 bits per heavy atom. The third-order valence-electron chi connectivity index (χ3n) is 4.23. The van der Waals surface area contributed by atoms with Crippen LogP contribution in [-0.4, -0.2) is 19.5 Å². The van der Waals surface area contributed by atoms with Crippen LogP contribution in [0.4, 0.5) is 0 Å². The highest BCUT2D eigenvalue weighted by atomic mass is 16.7. The fourth-order valence-electron chi connectivity index (χ4n) is 2.90. The number of hydrogen-bond donors (Lipinski definition) is 0. The molecule has 2 nitrogen and oxygen atoms in total. The molecule has 1 heterocycles. The molecule has 0 N–H and O–H groups in total. The van der Waals surface area contributed by atoms with Gasteiger partial charge >= 0.3 is 0 Å². The van der Waals surface area contributed by atoms with Gasteiger partial charge in [0.2, 0.25) is 0 Å². The van der Waals surface area contributed by atoms with Crippen molar-refractivity contribution in [3.05, 3.63) is 0 Å². The van der Waals surface area contributed by atoms with E-state index in [0.29, 0.717) is 0 Å². The van der Waals surface area contributed by atoms with Crippen molar-refractivity contribution in [2.75, 3.05) is 13.2 Å². The average Bonchev–Trinajstić information content (AvgIpc) is 2.97. The zero-order valence-electron chi connectivity index (χ0n) is 13.7. The van der Waals surface area contributed by atoms with Crippen LogP contribution < -0.4 is 0 Å². The van der Waals surface area contributed by atoms with Gasteiger partial charge in [-0.2, -0.15) is 0 Å². The van der Waals surface area contributed by atoms with E-state index in [1.165, 1.54) is 83.5 Å². The standard InChI is InChI=1S/C18H36O2/c1-2-3-4-5-6-7-8-9-10-11-12-13-14-15-18-19-16-17-20-18/h18H,2-17H2,1H3. The maximum Gasteiger partial charge on any atom is 0.157 e. The lowest BCUT2D eigenvalue weighted by Gasteiger charge is -2.08. The third kappa shape index (κ3) is 10.7. The van der Waals surface area contributed by atoms with E-state index in [4.69, 9.17) is 9.47 Å². The van der Waals surface area contributed by atoms with Crippen LogP contribution >= 0.6 is 0 Å². The van der Waals surface area contributed by atoms with Crippen LogP contribution in [0.1, 0.15) is 96.8 Å². The quantitative estimate of drug-likeness (QED) is 0.373. The van der Waals surface area contributed by atoms with Gasteiger partial charge in [0.25, 0.3) is 0 Å². The molecule has 0 aromatic heterocycles. The van der Waals surface area contributed by atoms with Gasteiger partial charge in [-0.1, -0.05) is 84.0 Å². The van der Waals surface area contributed by atoms with Gasteiger partial charge in [0.15, 0.2) is 6.29 Å². The fraction of sp³-hybridized carbons (Fsp3) is 1.00. The lowest BCUT2D eigenvalue weighted by molar-refractivity contribution is -0.0480.